The van der Waals surface area contributed by atoms with Crippen LogP contribution in [0.3, 0.4) is 0 Å². The van der Waals surface area contributed by atoms with Gasteiger partial charge in [-0.25, -0.2) is 4.99 Å². The fraction of sp³-hybridized carbons (Fsp3) is 0.500. The predicted molar refractivity (Wildman–Crippen MR) is 145 cm³/mol. The van der Waals surface area contributed by atoms with Crippen LogP contribution in [0.2, 0.25) is 0 Å². The average molecular weight is 568 g/mol. The summed E-state index contributed by atoms with van der Waals surface area (Å²) in [5, 5.41) is 6.90. The number of ether oxygens (including phenoxy) is 3. The molecule has 3 rings (SSSR count). The summed E-state index contributed by atoms with van der Waals surface area (Å²) >= 11 is 0. The average Bonchev–Trinajstić information content (AvgIpc) is 2.83. The number of aryl methyl sites for hydroxylation is 1. The third-order valence-electron chi connectivity index (χ3n) is 5.63. The Morgan fingerprint density at radius 1 is 1.06 bits per heavy atom. The van der Waals surface area contributed by atoms with Crippen LogP contribution in [-0.4, -0.2) is 46.0 Å². The number of aliphatic imine (C=N–C) groups is 1. The van der Waals surface area contributed by atoms with E-state index in [-0.39, 0.29) is 30.1 Å². The summed E-state index contributed by atoms with van der Waals surface area (Å²) in [7, 11) is 1.67. The minimum absolute atomic E-state index is 0. The summed E-state index contributed by atoms with van der Waals surface area (Å²) in [6, 6.07) is 16.8. The molecule has 2 N–H and O–H groups in total. The molecule has 2 aromatic rings. The van der Waals surface area contributed by atoms with E-state index in [1.54, 1.807) is 7.11 Å². The summed E-state index contributed by atoms with van der Waals surface area (Å²) < 4.78 is 16.8. The molecule has 0 radical (unpaired) electrons. The molecule has 2 atom stereocenters. The number of hydrogen-bond acceptors (Lipinski definition) is 4. The Labute approximate surface area is 215 Å². The number of hydrogen-bond donors (Lipinski definition) is 2. The van der Waals surface area contributed by atoms with Crippen LogP contribution in [0.4, 0.5) is 0 Å². The van der Waals surface area contributed by atoms with Crippen LogP contribution in [0, 0.1) is 12.8 Å². The van der Waals surface area contributed by atoms with Crippen LogP contribution in [-0.2, 0) is 16.0 Å². The van der Waals surface area contributed by atoms with Crippen molar-refractivity contribution in [2.75, 3.05) is 40.0 Å². The zero-order chi connectivity index (χ0) is 22.6. The minimum atomic E-state index is 0. The first kappa shape index (κ1) is 27.4. The van der Waals surface area contributed by atoms with Crippen LogP contribution < -0.4 is 15.4 Å². The second kappa shape index (κ2) is 15.1. The molecular weight excluding hydrogens is 529 g/mol. The lowest BCUT2D eigenvalue weighted by Crippen LogP contribution is -2.42. The third-order valence-corrected chi connectivity index (χ3v) is 5.63. The van der Waals surface area contributed by atoms with Crippen LogP contribution in [0.1, 0.15) is 42.6 Å². The van der Waals surface area contributed by atoms with E-state index in [9.17, 15) is 0 Å². The fourth-order valence-corrected chi connectivity index (χ4v) is 3.85. The van der Waals surface area contributed by atoms with Crippen LogP contribution in [0.25, 0.3) is 0 Å². The van der Waals surface area contributed by atoms with Crippen molar-refractivity contribution in [3.8, 4) is 5.75 Å². The Bertz CT molecular complexity index is 828. The molecule has 7 heteroatoms. The van der Waals surface area contributed by atoms with Crippen LogP contribution in [0.5, 0.6) is 5.75 Å². The Balaban J connectivity index is 0.00000385. The number of methoxy groups -OCH3 is 1. The van der Waals surface area contributed by atoms with E-state index in [0.29, 0.717) is 25.7 Å². The molecule has 1 saturated heterocycles. The second-order valence-corrected chi connectivity index (χ2v) is 8.17. The standard InChI is InChI=1S/C26H37N3O3.HI/c1-4-27-26(28-18-21-9-13-24(14-10-21)31-17-16-30-3)29-19-23-6-5-15-32-25(23)22-11-7-20(2)8-12-22;/h7-14,23,25H,4-6,15-19H2,1-3H3,(H2,27,28,29);1H. The van der Waals surface area contributed by atoms with Crippen molar-refractivity contribution < 1.29 is 14.2 Å². The first-order chi connectivity index (χ1) is 15.7. The summed E-state index contributed by atoms with van der Waals surface area (Å²) in [4.78, 5) is 4.78. The quantitative estimate of drug-likeness (QED) is 0.186. The van der Waals surface area contributed by atoms with Gasteiger partial charge in [0, 0.05) is 32.7 Å². The number of halogens is 1. The molecule has 0 spiro atoms. The van der Waals surface area contributed by atoms with Crippen molar-refractivity contribution in [2.24, 2.45) is 10.9 Å². The molecule has 0 bridgehead atoms. The Kier molecular flexibility index (Phi) is 12.6. The zero-order valence-corrected chi connectivity index (χ0v) is 22.3. The molecule has 182 valence electrons. The van der Waals surface area contributed by atoms with E-state index >= 15 is 0 Å². The molecule has 1 aliphatic heterocycles. The second-order valence-electron chi connectivity index (χ2n) is 8.17. The molecular formula is C26H38IN3O3. The fourth-order valence-electron chi connectivity index (χ4n) is 3.85. The van der Waals surface area contributed by atoms with Gasteiger partial charge in [0.05, 0.1) is 19.3 Å². The number of nitrogens with one attached hydrogen (secondary N) is 2. The SMILES string of the molecule is CCNC(=NCc1ccc(OCCOC)cc1)NCC1CCCOC1c1ccc(C)cc1.I. The van der Waals surface area contributed by atoms with Crippen molar-refractivity contribution in [1.29, 1.82) is 0 Å². The van der Waals surface area contributed by atoms with Gasteiger partial charge in [0.25, 0.3) is 0 Å². The number of benzene rings is 2. The number of guanidine groups is 1. The lowest BCUT2D eigenvalue weighted by Gasteiger charge is -2.32. The Hall–Kier alpha value is -1.84. The maximum Gasteiger partial charge on any atom is 0.191 e. The van der Waals surface area contributed by atoms with Crippen molar-refractivity contribution in [3.05, 3.63) is 65.2 Å². The molecule has 1 heterocycles. The Morgan fingerprint density at radius 2 is 1.82 bits per heavy atom. The van der Waals surface area contributed by atoms with Gasteiger partial charge in [-0.2, -0.15) is 0 Å². The predicted octanol–water partition coefficient (Wildman–Crippen LogP) is 4.86. The van der Waals surface area contributed by atoms with Gasteiger partial charge >= 0.3 is 0 Å². The molecule has 0 aromatic heterocycles. The van der Waals surface area contributed by atoms with Gasteiger partial charge in [0.1, 0.15) is 12.4 Å². The monoisotopic (exact) mass is 567 g/mol. The topological polar surface area (TPSA) is 64.1 Å². The van der Waals surface area contributed by atoms with E-state index in [1.807, 2.05) is 12.1 Å². The normalized spacial score (nSPS) is 18.3. The maximum atomic E-state index is 6.16. The van der Waals surface area contributed by atoms with Crippen molar-refractivity contribution in [3.63, 3.8) is 0 Å². The van der Waals surface area contributed by atoms with Crippen molar-refractivity contribution >= 4 is 29.9 Å². The first-order valence-corrected chi connectivity index (χ1v) is 11.6. The molecule has 0 saturated carbocycles. The summed E-state index contributed by atoms with van der Waals surface area (Å²) in [5.74, 6) is 2.10. The van der Waals surface area contributed by atoms with E-state index < -0.39 is 0 Å². The first-order valence-electron chi connectivity index (χ1n) is 11.6. The minimum Gasteiger partial charge on any atom is -0.491 e. The highest BCUT2D eigenvalue weighted by Gasteiger charge is 2.27. The third kappa shape index (κ3) is 9.14. The highest BCUT2D eigenvalue weighted by Crippen LogP contribution is 2.33. The van der Waals surface area contributed by atoms with Crippen molar-refractivity contribution in [1.82, 2.24) is 10.6 Å². The van der Waals surface area contributed by atoms with Gasteiger partial charge < -0.3 is 24.8 Å². The zero-order valence-electron chi connectivity index (χ0n) is 20.0. The van der Waals surface area contributed by atoms with E-state index in [1.165, 1.54) is 11.1 Å². The number of nitrogens with zero attached hydrogens (tertiary/aromatic N) is 1. The molecule has 2 aromatic carbocycles. The lowest BCUT2D eigenvalue weighted by atomic mass is 9.89. The van der Waals surface area contributed by atoms with Crippen LogP contribution >= 0.6 is 24.0 Å². The summed E-state index contributed by atoms with van der Waals surface area (Å²) in [5.41, 5.74) is 3.67. The van der Waals surface area contributed by atoms with Crippen LogP contribution in [0.15, 0.2) is 53.5 Å². The van der Waals surface area contributed by atoms with Gasteiger partial charge in [0.2, 0.25) is 0 Å². The molecule has 0 amide bonds. The van der Waals surface area contributed by atoms with E-state index in [2.05, 4.69) is 60.9 Å². The van der Waals surface area contributed by atoms with Gasteiger partial charge in [-0.1, -0.05) is 42.0 Å². The maximum absolute atomic E-state index is 6.16. The molecule has 2 unspecified atom stereocenters. The van der Waals surface area contributed by atoms with Gasteiger partial charge in [-0.05, 0) is 49.9 Å². The molecule has 1 fully saturated rings. The summed E-state index contributed by atoms with van der Waals surface area (Å²) in [6.07, 6.45) is 2.38. The number of rotatable bonds is 10. The van der Waals surface area contributed by atoms with Crippen molar-refractivity contribution in [2.45, 2.75) is 39.3 Å². The largest absolute Gasteiger partial charge is 0.491 e. The highest BCUT2D eigenvalue weighted by atomic mass is 127. The Morgan fingerprint density at radius 3 is 2.52 bits per heavy atom. The van der Waals surface area contributed by atoms with Gasteiger partial charge in [0.15, 0.2) is 5.96 Å². The van der Waals surface area contributed by atoms with Gasteiger partial charge in [-0.15, -0.1) is 24.0 Å². The van der Waals surface area contributed by atoms with E-state index in [4.69, 9.17) is 19.2 Å². The molecule has 33 heavy (non-hydrogen) atoms. The molecule has 6 nitrogen and oxygen atoms in total. The highest BCUT2D eigenvalue weighted by molar-refractivity contribution is 14.0. The summed E-state index contributed by atoms with van der Waals surface area (Å²) in [6.45, 7) is 8.42. The van der Waals surface area contributed by atoms with Gasteiger partial charge in [-0.3, -0.25) is 0 Å². The van der Waals surface area contributed by atoms with E-state index in [0.717, 1.165) is 49.8 Å². The lowest BCUT2D eigenvalue weighted by molar-refractivity contribution is -0.0265. The smallest absolute Gasteiger partial charge is 0.191 e. The molecule has 1 aliphatic rings. The molecule has 0 aliphatic carbocycles.